The van der Waals surface area contributed by atoms with E-state index >= 15 is 0 Å². The lowest BCUT2D eigenvalue weighted by Crippen LogP contribution is -2.32. The van der Waals surface area contributed by atoms with Gasteiger partial charge in [0.25, 0.3) is 0 Å². The standard InChI is InChI=1S/C64H42N4/c1-6-21-44(22-7-1)66(45-23-8-2-9-24-45)49-34-36-51-52-37-35-50(67(46-25-10-3-11-26-46)47-27-12-4-13-28-47)42-59(52)64(58(51)41-49)56-33-17-20-43-19-16-31-55(60(43)56)61-57(64)39-38-53-54-32-18-40-65-63(54)68(62(53)61)48-29-14-5-15-30-48/h1-42H. The highest BCUT2D eigenvalue weighted by atomic mass is 15.1. The summed E-state index contributed by atoms with van der Waals surface area (Å²) in [6, 6.07) is 91.2. The Bertz CT molecular complexity index is 3690. The van der Waals surface area contributed by atoms with Gasteiger partial charge in [-0.3, -0.25) is 4.57 Å². The number of pyridine rings is 1. The van der Waals surface area contributed by atoms with Crippen LogP contribution in [0.15, 0.2) is 255 Å². The van der Waals surface area contributed by atoms with Gasteiger partial charge in [-0.15, -0.1) is 0 Å². The third-order valence-corrected chi connectivity index (χ3v) is 14.4. The molecule has 0 aliphatic heterocycles. The maximum atomic E-state index is 5.13. The molecule has 0 fully saturated rings. The van der Waals surface area contributed by atoms with Crippen molar-refractivity contribution in [1.82, 2.24) is 9.55 Å². The minimum absolute atomic E-state index is 0.752. The van der Waals surface area contributed by atoms with Crippen LogP contribution in [0, 0.1) is 0 Å². The first-order chi connectivity index (χ1) is 33.8. The van der Waals surface area contributed by atoms with Gasteiger partial charge in [0.2, 0.25) is 0 Å². The van der Waals surface area contributed by atoms with Crippen molar-refractivity contribution in [2.75, 3.05) is 9.80 Å². The third-order valence-electron chi connectivity index (χ3n) is 14.4. The van der Waals surface area contributed by atoms with E-state index in [1.807, 2.05) is 6.20 Å². The van der Waals surface area contributed by atoms with Crippen molar-refractivity contribution in [1.29, 1.82) is 0 Å². The number of rotatable bonds is 7. The number of para-hydroxylation sites is 5. The number of fused-ring (bicyclic) bond motifs is 13. The van der Waals surface area contributed by atoms with Crippen LogP contribution in [0.5, 0.6) is 0 Å². The average Bonchev–Trinajstić information content (AvgIpc) is 3.89. The normalized spacial score (nSPS) is 12.8. The summed E-state index contributed by atoms with van der Waals surface area (Å²) in [5.41, 5.74) is 19.0. The van der Waals surface area contributed by atoms with Gasteiger partial charge < -0.3 is 9.80 Å². The van der Waals surface area contributed by atoms with Crippen molar-refractivity contribution in [2.45, 2.75) is 5.41 Å². The Balaban J connectivity index is 1.16. The maximum absolute atomic E-state index is 5.13. The molecule has 2 aromatic heterocycles. The minimum atomic E-state index is -0.752. The summed E-state index contributed by atoms with van der Waals surface area (Å²) in [4.78, 5) is 9.92. The summed E-state index contributed by atoms with van der Waals surface area (Å²) in [5.74, 6) is 0. The molecule has 2 aliphatic rings. The summed E-state index contributed by atoms with van der Waals surface area (Å²) in [5, 5.41) is 4.80. The Morgan fingerprint density at radius 1 is 0.353 bits per heavy atom. The quantitative estimate of drug-likeness (QED) is 0.159. The number of anilines is 6. The molecule has 12 aromatic rings. The van der Waals surface area contributed by atoms with Crippen LogP contribution in [0.3, 0.4) is 0 Å². The summed E-state index contributed by atoms with van der Waals surface area (Å²) in [6.45, 7) is 0. The van der Waals surface area contributed by atoms with Crippen molar-refractivity contribution in [3.8, 4) is 27.9 Å². The fourth-order valence-electron chi connectivity index (χ4n) is 11.7. The van der Waals surface area contributed by atoms with Gasteiger partial charge in [0.1, 0.15) is 5.65 Å². The number of hydrogen-bond donors (Lipinski definition) is 0. The first-order valence-electron chi connectivity index (χ1n) is 23.4. The van der Waals surface area contributed by atoms with E-state index in [9.17, 15) is 0 Å². The minimum Gasteiger partial charge on any atom is -0.310 e. The van der Waals surface area contributed by atoms with Gasteiger partial charge in [0, 0.05) is 62.3 Å². The topological polar surface area (TPSA) is 24.3 Å². The fourth-order valence-corrected chi connectivity index (χ4v) is 11.7. The van der Waals surface area contributed by atoms with Gasteiger partial charge in [-0.1, -0.05) is 152 Å². The van der Waals surface area contributed by atoms with Gasteiger partial charge in [0.05, 0.1) is 10.9 Å². The van der Waals surface area contributed by atoms with Crippen LogP contribution in [-0.2, 0) is 5.41 Å². The molecule has 0 amide bonds. The molecule has 0 bridgehead atoms. The van der Waals surface area contributed by atoms with Gasteiger partial charge in [-0.2, -0.15) is 0 Å². The number of hydrogen-bond acceptors (Lipinski definition) is 3. The molecule has 0 saturated heterocycles. The Labute approximate surface area is 394 Å². The Hall–Kier alpha value is -8.99. The van der Waals surface area contributed by atoms with Gasteiger partial charge in [-0.25, -0.2) is 4.98 Å². The van der Waals surface area contributed by atoms with E-state index in [4.69, 9.17) is 4.98 Å². The summed E-state index contributed by atoms with van der Waals surface area (Å²) in [7, 11) is 0. The van der Waals surface area contributed by atoms with Crippen molar-refractivity contribution < 1.29 is 0 Å². The number of aromatic nitrogens is 2. The van der Waals surface area contributed by atoms with E-state index in [-0.39, 0.29) is 0 Å². The molecule has 2 heterocycles. The molecule has 10 aromatic carbocycles. The summed E-state index contributed by atoms with van der Waals surface area (Å²) < 4.78 is 2.41. The van der Waals surface area contributed by atoms with E-state index in [1.165, 1.54) is 60.7 Å². The second kappa shape index (κ2) is 15.0. The third kappa shape index (κ3) is 5.46. The summed E-state index contributed by atoms with van der Waals surface area (Å²) >= 11 is 0. The lowest BCUT2D eigenvalue weighted by molar-refractivity contribution is 0.774. The van der Waals surface area contributed by atoms with Crippen LogP contribution in [0.25, 0.3) is 60.6 Å². The molecular weight excluding hydrogens is 825 g/mol. The molecule has 4 nitrogen and oxygen atoms in total. The highest BCUT2D eigenvalue weighted by molar-refractivity contribution is 6.19. The zero-order chi connectivity index (χ0) is 44.8. The first kappa shape index (κ1) is 38.3. The zero-order valence-corrected chi connectivity index (χ0v) is 37.0. The van der Waals surface area contributed by atoms with E-state index in [2.05, 4.69) is 263 Å². The highest BCUT2D eigenvalue weighted by Gasteiger charge is 2.51. The fraction of sp³-hybridized carbons (Fsp3) is 0.0156. The molecule has 318 valence electrons. The summed E-state index contributed by atoms with van der Waals surface area (Å²) in [6.07, 6.45) is 1.92. The number of nitrogens with zero attached hydrogens (tertiary/aromatic N) is 4. The van der Waals surface area contributed by atoms with Gasteiger partial charge >= 0.3 is 0 Å². The predicted octanol–water partition coefficient (Wildman–Crippen LogP) is 16.6. The van der Waals surface area contributed by atoms with Crippen LogP contribution >= 0.6 is 0 Å². The SMILES string of the molecule is c1ccc(N(c2ccccc2)c2ccc3c(c2)C2(c4cc(N(c5ccccc5)c5ccccc5)ccc4-3)c3ccc4c5cccnc5n(-c5ccccc5)c4c3-c3cccc4cccc2c34)cc1. The van der Waals surface area contributed by atoms with Crippen molar-refractivity contribution >= 4 is 66.8 Å². The van der Waals surface area contributed by atoms with Gasteiger partial charge in [-0.05, 0) is 147 Å². The first-order valence-corrected chi connectivity index (χ1v) is 23.4. The van der Waals surface area contributed by atoms with Gasteiger partial charge in [0.15, 0.2) is 0 Å². The molecule has 4 heteroatoms. The predicted molar refractivity (Wildman–Crippen MR) is 282 cm³/mol. The lowest BCUT2D eigenvalue weighted by Gasteiger charge is -2.41. The van der Waals surface area contributed by atoms with Crippen LogP contribution in [0.1, 0.15) is 22.3 Å². The zero-order valence-electron chi connectivity index (χ0n) is 37.0. The molecular formula is C64H42N4. The van der Waals surface area contributed by atoms with Crippen molar-refractivity contribution in [3.63, 3.8) is 0 Å². The van der Waals surface area contributed by atoms with Crippen molar-refractivity contribution in [2.24, 2.45) is 0 Å². The van der Waals surface area contributed by atoms with E-state index in [0.29, 0.717) is 0 Å². The van der Waals surface area contributed by atoms with E-state index < -0.39 is 5.41 Å². The maximum Gasteiger partial charge on any atom is 0.145 e. The Morgan fingerprint density at radius 3 is 1.41 bits per heavy atom. The second-order valence-corrected chi connectivity index (χ2v) is 17.9. The molecule has 0 unspecified atom stereocenters. The number of benzene rings is 10. The molecule has 0 radical (unpaired) electrons. The highest BCUT2D eigenvalue weighted by Crippen LogP contribution is 2.64. The molecule has 0 N–H and O–H groups in total. The van der Waals surface area contributed by atoms with Crippen LogP contribution in [0.2, 0.25) is 0 Å². The average molecular weight is 867 g/mol. The smallest absolute Gasteiger partial charge is 0.145 e. The molecule has 0 saturated carbocycles. The largest absolute Gasteiger partial charge is 0.310 e. The lowest BCUT2D eigenvalue weighted by atomic mass is 9.61. The van der Waals surface area contributed by atoms with E-state index in [0.717, 1.165) is 56.4 Å². The van der Waals surface area contributed by atoms with E-state index in [1.54, 1.807) is 0 Å². The monoisotopic (exact) mass is 866 g/mol. The van der Waals surface area contributed by atoms with Crippen LogP contribution in [-0.4, -0.2) is 9.55 Å². The molecule has 68 heavy (non-hydrogen) atoms. The second-order valence-electron chi connectivity index (χ2n) is 17.9. The molecule has 0 atom stereocenters. The Morgan fingerprint density at radius 2 is 0.868 bits per heavy atom. The molecule has 2 aliphatic carbocycles. The van der Waals surface area contributed by atoms with Crippen LogP contribution < -0.4 is 9.80 Å². The Kier molecular flexibility index (Phi) is 8.46. The van der Waals surface area contributed by atoms with Crippen molar-refractivity contribution in [3.05, 3.63) is 277 Å². The molecule has 14 rings (SSSR count). The van der Waals surface area contributed by atoms with Crippen LogP contribution in [0.4, 0.5) is 34.1 Å². The molecule has 1 spiro atoms.